The second kappa shape index (κ2) is 6.90. The van der Waals surface area contributed by atoms with E-state index in [0.29, 0.717) is 22.8 Å². The van der Waals surface area contributed by atoms with Crippen molar-refractivity contribution in [2.45, 2.75) is 13.8 Å². The van der Waals surface area contributed by atoms with Gasteiger partial charge < -0.3 is 9.84 Å². The van der Waals surface area contributed by atoms with Crippen LogP contribution in [0.25, 0.3) is 17.1 Å². The van der Waals surface area contributed by atoms with E-state index in [4.69, 9.17) is 9.84 Å². The summed E-state index contributed by atoms with van der Waals surface area (Å²) >= 11 is 0.969. The number of aromatic carboxylic acids is 1. The van der Waals surface area contributed by atoms with E-state index in [0.717, 1.165) is 22.6 Å². The Hall–Kier alpha value is -2.93. The molecule has 0 amide bonds. The van der Waals surface area contributed by atoms with Gasteiger partial charge in [-0.2, -0.15) is 0 Å². The molecule has 2 aromatic heterocycles. The first-order valence-electron chi connectivity index (χ1n) is 7.67. The minimum atomic E-state index is -1.07. The zero-order chi connectivity index (χ0) is 18.0. The smallest absolute Gasteiger partial charge is 0.347 e. The Balaban J connectivity index is 2.06. The monoisotopic (exact) mass is 356 g/mol. The van der Waals surface area contributed by atoms with Crippen LogP contribution in [0.2, 0.25) is 0 Å². The topological polar surface area (TPSA) is 80.9 Å². The van der Waals surface area contributed by atoms with Crippen LogP contribution in [0.15, 0.2) is 35.3 Å². The molecule has 0 unspecified atom stereocenters. The number of carboxylic acids is 1. The third-order valence-corrected chi connectivity index (χ3v) is 4.61. The number of hydrogen-bond donors (Lipinski definition) is 1. The Morgan fingerprint density at radius 1 is 1.36 bits per heavy atom. The summed E-state index contributed by atoms with van der Waals surface area (Å²) in [6, 6.07) is 7.58. The Labute approximate surface area is 147 Å². The van der Waals surface area contributed by atoms with Crippen molar-refractivity contribution in [3.8, 4) is 5.75 Å². The first-order chi connectivity index (χ1) is 12.0. The van der Waals surface area contributed by atoms with Gasteiger partial charge in [-0.3, -0.25) is 9.20 Å². The maximum Gasteiger partial charge on any atom is 0.347 e. The van der Waals surface area contributed by atoms with Crippen LogP contribution in [0, 0.1) is 6.92 Å². The first-order valence-corrected chi connectivity index (χ1v) is 8.49. The predicted octanol–water partition coefficient (Wildman–Crippen LogP) is 3.33. The number of fused-ring (bicyclic) bond motifs is 1. The molecule has 6 nitrogen and oxygen atoms in total. The Kier molecular flexibility index (Phi) is 4.67. The number of ether oxygens (including phenoxy) is 1. The van der Waals surface area contributed by atoms with Gasteiger partial charge in [0, 0.05) is 17.3 Å². The number of nitrogens with zero attached hydrogens (tertiary/aromatic N) is 2. The lowest BCUT2D eigenvalue weighted by molar-refractivity contribution is 0.0701. The molecule has 128 valence electrons. The summed E-state index contributed by atoms with van der Waals surface area (Å²) < 4.78 is 6.85. The molecule has 7 heteroatoms. The second-order valence-electron chi connectivity index (χ2n) is 5.28. The molecule has 3 rings (SSSR count). The van der Waals surface area contributed by atoms with E-state index < -0.39 is 5.97 Å². The number of carboxylic acid groups (broad SMARTS) is 1. The molecule has 0 aliphatic rings. The first kappa shape index (κ1) is 16.9. The highest BCUT2D eigenvalue weighted by Crippen LogP contribution is 2.21. The molecular weight excluding hydrogens is 340 g/mol. The van der Waals surface area contributed by atoms with Crippen LogP contribution < -0.4 is 10.3 Å². The normalized spacial score (nSPS) is 11.3. The molecule has 0 aliphatic carbocycles. The third-order valence-electron chi connectivity index (χ3n) is 3.64. The molecule has 0 saturated heterocycles. The molecule has 0 bridgehead atoms. The summed E-state index contributed by atoms with van der Waals surface area (Å²) in [5, 5.41) is 9.09. The maximum absolute atomic E-state index is 12.4. The summed E-state index contributed by atoms with van der Waals surface area (Å²) in [7, 11) is 0. The lowest BCUT2D eigenvalue weighted by Crippen LogP contribution is -2.17. The second-order valence-corrected chi connectivity index (χ2v) is 6.29. The number of aromatic nitrogens is 2. The Bertz CT molecular complexity index is 1030. The van der Waals surface area contributed by atoms with Gasteiger partial charge in [0.05, 0.1) is 12.3 Å². The van der Waals surface area contributed by atoms with Gasteiger partial charge in [0.1, 0.15) is 10.6 Å². The van der Waals surface area contributed by atoms with Crippen LogP contribution in [0.3, 0.4) is 0 Å². The number of carbonyl (C=O) groups is 1. The van der Waals surface area contributed by atoms with Crippen LogP contribution in [0.1, 0.15) is 33.4 Å². The van der Waals surface area contributed by atoms with E-state index in [1.54, 1.807) is 13.0 Å². The largest absolute Gasteiger partial charge is 0.493 e. The summed E-state index contributed by atoms with van der Waals surface area (Å²) in [4.78, 5) is 28.4. The van der Waals surface area contributed by atoms with Crippen LogP contribution in [-0.4, -0.2) is 27.1 Å². The van der Waals surface area contributed by atoms with Gasteiger partial charge in [-0.25, -0.2) is 9.78 Å². The number of thiazole rings is 1. The molecule has 0 atom stereocenters. The average molecular weight is 356 g/mol. The van der Waals surface area contributed by atoms with Gasteiger partial charge in [-0.05, 0) is 32.1 Å². The fourth-order valence-corrected chi connectivity index (χ4v) is 3.20. The molecule has 0 aliphatic heterocycles. The number of benzene rings is 1. The van der Waals surface area contributed by atoms with Gasteiger partial charge in [0.15, 0.2) is 4.96 Å². The van der Waals surface area contributed by atoms with Crippen LogP contribution in [0.5, 0.6) is 5.75 Å². The molecular formula is C18H16N2O4S. The highest BCUT2D eigenvalue weighted by Gasteiger charge is 2.14. The van der Waals surface area contributed by atoms with Crippen molar-refractivity contribution in [1.82, 2.24) is 9.38 Å². The zero-order valence-electron chi connectivity index (χ0n) is 13.7. The van der Waals surface area contributed by atoms with Crippen molar-refractivity contribution in [2.75, 3.05) is 6.61 Å². The summed E-state index contributed by atoms with van der Waals surface area (Å²) in [5.74, 6) is -0.323. The molecule has 2 heterocycles. The van der Waals surface area contributed by atoms with E-state index in [1.807, 2.05) is 37.3 Å². The van der Waals surface area contributed by atoms with Gasteiger partial charge in [0.2, 0.25) is 0 Å². The molecule has 1 N–H and O–H groups in total. The highest BCUT2D eigenvalue weighted by molar-refractivity contribution is 7.18. The van der Waals surface area contributed by atoms with Crippen LogP contribution >= 0.6 is 11.3 Å². The fourth-order valence-electron chi connectivity index (χ4n) is 2.38. The van der Waals surface area contributed by atoms with Crippen molar-refractivity contribution in [1.29, 1.82) is 0 Å². The van der Waals surface area contributed by atoms with E-state index in [-0.39, 0.29) is 10.4 Å². The van der Waals surface area contributed by atoms with E-state index in [2.05, 4.69) is 4.98 Å². The standard InChI is InChI=1S/C18H16N2O4S/c1-3-24-14-7-5-4-6-12(14)8-9-13-11(2)16(21)20-10-15(17(22)23)25-18(20)19-13/h4-10H,3H2,1-2H3,(H,22,23)/b9-8+. The van der Waals surface area contributed by atoms with E-state index in [9.17, 15) is 9.59 Å². The molecule has 1 aromatic carbocycles. The van der Waals surface area contributed by atoms with Crippen molar-refractivity contribution in [3.05, 3.63) is 62.5 Å². The highest BCUT2D eigenvalue weighted by atomic mass is 32.1. The summed E-state index contributed by atoms with van der Waals surface area (Å²) in [6.07, 6.45) is 4.89. The molecule has 25 heavy (non-hydrogen) atoms. The minimum absolute atomic E-state index is 0.0758. The molecule has 0 spiro atoms. The van der Waals surface area contributed by atoms with Gasteiger partial charge in [0.25, 0.3) is 5.56 Å². The van der Waals surface area contributed by atoms with Gasteiger partial charge in [-0.1, -0.05) is 29.5 Å². The molecule has 3 aromatic rings. The van der Waals surface area contributed by atoms with E-state index in [1.165, 1.54) is 10.6 Å². The number of para-hydroxylation sites is 1. The fraction of sp³-hybridized carbons (Fsp3) is 0.167. The number of rotatable bonds is 5. The van der Waals surface area contributed by atoms with Crippen LogP contribution in [0.4, 0.5) is 0 Å². The SMILES string of the molecule is CCOc1ccccc1/C=C/c1nc2sc(C(=O)O)cn2c(=O)c1C. The van der Waals surface area contributed by atoms with Crippen molar-refractivity contribution in [2.24, 2.45) is 0 Å². The van der Waals surface area contributed by atoms with Crippen LogP contribution in [-0.2, 0) is 0 Å². The molecule has 0 fully saturated rings. The molecule has 0 radical (unpaired) electrons. The zero-order valence-corrected chi connectivity index (χ0v) is 14.5. The minimum Gasteiger partial charge on any atom is -0.493 e. The Morgan fingerprint density at radius 2 is 2.12 bits per heavy atom. The van der Waals surface area contributed by atoms with Gasteiger partial charge >= 0.3 is 5.97 Å². The number of hydrogen-bond acceptors (Lipinski definition) is 5. The lowest BCUT2D eigenvalue weighted by Gasteiger charge is -2.06. The summed E-state index contributed by atoms with van der Waals surface area (Å²) in [5.41, 5.74) is 1.57. The quantitative estimate of drug-likeness (QED) is 0.758. The third kappa shape index (κ3) is 3.32. The average Bonchev–Trinajstić information content (AvgIpc) is 3.03. The van der Waals surface area contributed by atoms with Crippen molar-refractivity contribution < 1.29 is 14.6 Å². The lowest BCUT2D eigenvalue weighted by atomic mass is 10.1. The van der Waals surface area contributed by atoms with Gasteiger partial charge in [-0.15, -0.1) is 0 Å². The van der Waals surface area contributed by atoms with Crippen molar-refractivity contribution >= 4 is 34.4 Å². The Morgan fingerprint density at radius 3 is 2.84 bits per heavy atom. The maximum atomic E-state index is 12.4. The summed E-state index contributed by atoms with van der Waals surface area (Å²) in [6.45, 7) is 4.15. The molecule has 0 saturated carbocycles. The van der Waals surface area contributed by atoms with Crippen molar-refractivity contribution in [3.63, 3.8) is 0 Å². The van der Waals surface area contributed by atoms with E-state index >= 15 is 0 Å². The predicted molar refractivity (Wildman–Crippen MR) is 97.6 cm³/mol.